The lowest BCUT2D eigenvalue weighted by molar-refractivity contribution is -0.143. The van der Waals surface area contributed by atoms with Crippen molar-refractivity contribution in [3.63, 3.8) is 0 Å². The molecule has 0 bridgehead atoms. The molecule has 5 nitrogen and oxygen atoms in total. The van der Waals surface area contributed by atoms with E-state index in [1.807, 2.05) is 24.3 Å². The van der Waals surface area contributed by atoms with Crippen LogP contribution in [0, 0.1) is 5.92 Å². The smallest absolute Gasteiger partial charge is 0.317 e. The fourth-order valence-electron chi connectivity index (χ4n) is 2.45. The molecule has 0 spiro atoms. The Bertz CT molecular complexity index is 513. The van der Waals surface area contributed by atoms with Crippen LogP contribution in [0.25, 0.3) is 0 Å². The Kier molecular flexibility index (Phi) is 5.61. The molecule has 1 heterocycles. The maximum absolute atomic E-state index is 12.0. The van der Waals surface area contributed by atoms with Crippen LogP contribution in [0.5, 0.6) is 0 Å². The zero-order valence-electron chi connectivity index (χ0n) is 11.7. The van der Waals surface area contributed by atoms with Gasteiger partial charge >= 0.3 is 12.0 Å². The van der Waals surface area contributed by atoms with Crippen molar-refractivity contribution >= 4 is 27.9 Å². The van der Waals surface area contributed by atoms with Gasteiger partial charge in [-0.2, -0.15) is 0 Å². The van der Waals surface area contributed by atoms with Crippen molar-refractivity contribution in [2.75, 3.05) is 19.6 Å². The van der Waals surface area contributed by atoms with Crippen LogP contribution in [-0.4, -0.2) is 41.6 Å². The van der Waals surface area contributed by atoms with E-state index < -0.39 is 5.97 Å². The second kappa shape index (κ2) is 7.45. The summed E-state index contributed by atoms with van der Waals surface area (Å²) in [6.07, 6.45) is 1.83. The standard InChI is InChI=1S/C15H19BrN2O3/c16-13-4-2-1-3-11(13)5-8-17-15(21)18-9-6-12(7-10-18)14(19)20/h1-4,12H,5-10H2,(H,17,21)(H,19,20). The molecule has 2 N–H and O–H groups in total. The Hall–Kier alpha value is -1.56. The third-order valence-corrected chi connectivity index (χ3v) is 4.53. The first-order valence-electron chi connectivity index (χ1n) is 7.07. The molecule has 6 heteroatoms. The number of aliphatic carboxylic acids is 1. The number of hydrogen-bond acceptors (Lipinski definition) is 2. The van der Waals surface area contributed by atoms with Gasteiger partial charge < -0.3 is 15.3 Å². The number of carbonyl (C=O) groups is 2. The van der Waals surface area contributed by atoms with Gasteiger partial charge in [0.1, 0.15) is 0 Å². The second-order valence-electron chi connectivity index (χ2n) is 5.17. The number of rotatable bonds is 4. The molecule has 1 saturated heterocycles. The van der Waals surface area contributed by atoms with Crippen LogP contribution in [0.4, 0.5) is 4.79 Å². The zero-order valence-corrected chi connectivity index (χ0v) is 13.3. The third kappa shape index (κ3) is 4.46. The SMILES string of the molecule is O=C(O)C1CCN(C(=O)NCCc2ccccc2Br)CC1. The topological polar surface area (TPSA) is 69.6 Å². The quantitative estimate of drug-likeness (QED) is 0.872. The van der Waals surface area contributed by atoms with Gasteiger partial charge in [0.05, 0.1) is 5.92 Å². The summed E-state index contributed by atoms with van der Waals surface area (Å²) in [7, 11) is 0. The molecule has 1 aromatic rings. The molecule has 1 aliphatic rings. The highest BCUT2D eigenvalue weighted by Crippen LogP contribution is 2.18. The first-order chi connectivity index (χ1) is 10.1. The predicted octanol–water partition coefficient (Wildman–Crippen LogP) is 2.50. The highest BCUT2D eigenvalue weighted by Gasteiger charge is 2.26. The van der Waals surface area contributed by atoms with Crippen molar-refractivity contribution in [3.8, 4) is 0 Å². The molecule has 2 amide bonds. The molecule has 0 aliphatic carbocycles. The summed E-state index contributed by atoms with van der Waals surface area (Å²) in [6, 6.07) is 7.82. The van der Waals surface area contributed by atoms with E-state index in [1.54, 1.807) is 4.90 Å². The molecular formula is C15H19BrN2O3. The number of benzene rings is 1. The van der Waals surface area contributed by atoms with Crippen molar-refractivity contribution in [2.45, 2.75) is 19.3 Å². The Morgan fingerprint density at radius 1 is 1.29 bits per heavy atom. The van der Waals surface area contributed by atoms with Crippen LogP contribution >= 0.6 is 15.9 Å². The van der Waals surface area contributed by atoms with Crippen molar-refractivity contribution in [3.05, 3.63) is 34.3 Å². The molecule has 0 radical (unpaired) electrons. The van der Waals surface area contributed by atoms with Gasteiger partial charge in [0.2, 0.25) is 0 Å². The molecular weight excluding hydrogens is 336 g/mol. The van der Waals surface area contributed by atoms with Gasteiger partial charge in [-0.3, -0.25) is 4.79 Å². The molecule has 0 aromatic heterocycles. The van der Waals surface area contributed by atoms with Crippen LogP contribution in [0.15, 0.2) is 28.7 Å². The van der Waals surface area contributed by atoms with Crippen LogP contribution < -0.4 is 5.32 Å². The van der Waals surface area contributed by atoms with E-state index in [1.165, 1.54) is 0 Å². The number of hydrogen-bond donors (Lipinski definition) is 2. The maximum Gasteiger partial charge on any atom is 0.317 e. The van der Waals surface area contributed by atoms with Gasteiger partial charge in [0.25, 0.3) is 0 Å². The van der Waals surface area contributed by atoms with Gasteiger partial charge in [-0.05, 0) is 30.9 Å². The highest BCUT2D eigenvalue weighted by atomic mass is 79.9. The summed E-state index contributed by atoms with van der Waals surface area (Å²) >= 11 is 3.48. The number of nitrogens with zero attached hydrogens (tertiary/aromatic N) is 1. The summed E-state index contributed by atoms with van der Waals surface area (Å²) in [5.41, 5.74) is 1.15. The van der Waals surface area contributed by atoms with E-state index in [-0.39, 0.29) is 11.9 Å². The number of nitrogens with one attached hydrogen (secondary N) is 1. The van der Waals surface area contributed by atoms with Crippen molar-refractivity contribution in [1.29, 1.82) is 0 Å². The molecule has 1 aliphatic heterocycles. The minimum atomic E-state index is -0.760. The molecule has 1 fully saturated rings. The van der Waals surface area contributed by atoms with Gasteiger partial charge in [0, 0.05) is 24.1 Å². The molecule has 0 saturated carbocycles. The molecule has 21 heavy (non-hydrogen) atoms. The third-order valence-electron chi connectivity index (χ3n) is 3.76. The van der Waals surface area contributed by atoms with Gasteiger partial charge in [0.15, 0.2) is 0 Å². The van der Waals surface area contributed by atoms with E-state index in [0.717, 1.165) is 16.5 Å². The maximum atomic E-state index is 12.0. The number of carboxylic acid groups (broad SMARTS) is 1. The normalized spacial score (nSPS) is 15.8. The van der Waals surface area contributed by atoms with Crippen LogP contribution in [0.3, 0.4) is 0 Å². The molecule has 0 unspecified atom stereocenters. The fraction of sp³-hybridized carbons (Fsp3) is 0.467. The Morgan fingerprint density at radius 2 is 1.95 bits per heavy atom. The number of carbonyl (C=O) groups excluding carboxylic acids is 1. The Balaban J connectivity index is 1.73. The fourth-order valence-corrected chi connectivity index (χ4v) is 2.93. The van der Waals surface area contributed by atoms with Gasteiger partial charge in [-0.15, -0.1) is 0 Å². The monoisotopic (exact) mass is 354 g/mol. The average Bonchev–Trinajstić information content (AvgIpc) is 2.49. The van der Waals surface area contributed by atoms with Gasteiger partial charge in [-0.25, -0.2) is 4.79 Å². The van der Waals surface area contributed by atoms with E-state index >= 15 is 0 Å². The summed E-state index contributed by atoms with van der Waals surface area (Å²) in [5, 5.41) is 11.8. The van der Waals surface area contributed by atoms with Crippen molar-refractivity contribution < 1.29 is 14.7 Å². The lowest BCUT2D eigenvalue weighted by Crippen LogP contribution is -2.45. The molecule has 114 valence electrons. The number of amides is 2. The summed E-state index contributed by atoms with van der Waals surface area (Å²) in [4.78, 5) is 24.6. The summed E-state index contributed by atoms with van der Waals surface area (Å²) in [5.74, 6) is -1.07. The minimum Gasteiger partial charge on any atom is -0.481 e. The molecule has 2 rings (SSSR count). The Labute approximate surface area is 132 Å². The summed E-state index contributed by atoms with van der Waals surface area (Å²) < 4.78 is 1.04. The first kappa shape index (κ1) is 15.8. The average molecular weight is 355 g/mol. The van der Waals surface area contributed by atoms with Crippen molar-refractivity contribution in [2.24, 2.45) is 5.92 Å². The highest BCUT2D eigenvalue weighted by molar-refractivity contribution is 9.10. The van der Waals surface area contributed by atoms with Crippen LogP contribution in [0.2, 0.25) is 0 Å². The number of likely N-dealkylation sites (tertiary alicyclic amines) is 1. The van der Waals surface area contributed by atoms with E-state index in [4.69, 9.17) is 5.11 Å². The van der Waals surface area contributed by atoms with Crippen LogP contribution in [0.1, 0.15) is 18.4 Å². The number of piperidine rings is 1. The van der Waals surface area contributed by atoms with Crippen molar-refractivity contribution in [1.82, 2.24) is 10.2 Å². The predicted molar refractivity (Wildman–Crippen MR) is 83.2 cm³/mol. The summed E-state index contributed by atoms with van der Waals surface area (Å²) in [6.45, 7) is 1.59. The number of urea groups is 1. The molecule has 0 atom stereocenters. The lowest BCUT2D eigenvalue weighted by Gasteiger charge is -2.30. The van der Waals surface area contributed by atoms with E-state index in [9.17, 15) is 9.59 Å². The first-order valence-corrected chi connectivity index (χ1v) is 7.86. The molecule has 1 aromatic carbocycles. The minimum absolute atomic E-state index is 0.106. The van der Waals surface area contributed by atoms with Crippen LogP contribution in [-0.2, 0) is 11.2 Å². The van der Waals surface area contributed by atoms with E-state index in [0.29, 0.717) is 32.5 Å². The van der Waals surface area contributed by atoms with E-state index in [2.05, 4.69) is 21.2 Å². The second-order valence-corrected chi connectivity index (χ2v) is 6.03. The number of carboxylic acids is 1. The number of halogens is 1. The zero-order chi connectivity index (χ0) is 15.2. The van der Waals surface area contributed by atoms with Gasteiger partial charge in [-0.1, -0.05) is 34.1 Å². The lowest BCUT2D eigenvalue weighted by atomic mass is 9.97. The Morgan fingerprint density at radius 3 is 2.57 bits per heavy atom. The largest absolute Gasteiger partial charge is 0.481 e.